The Hall–Kier alpha value is -1.17. The summed E-state index contributed by atoms with van der Waals surface area (Å²) in [5.74, 6) is 6.77. The van der Waals surface area contributed by atoms with Gasteiger partial charge >= 0.3 is 0 Å². The van der Waals surface area contributed by atoms with Crippen LogP contribution in [0.25, 0.3) is 0 Å². The number of hydrogen-bond donors (Lipinski definition) is 1. The first-order valence-corrected chi connectivity index (χ1v) is 5.04. The molecule has 1 aromatic carbocycles. The molecule has 0 aliphatic heterocycles. The van der Waals surface area contributed by atoms with Crippen molar-refractivity contribution in [1.82, 2.24) is 5.32 Å². The number of aryl methyl sites for hydroxylation is 2. The highest BCUT2D eigenvalue weighted by Crippen LogP contribution is 2.15. The van der Waals surface area contributed by atoms with Gasteiger partial charge in [-0.1, -0.05) is 17.9 Å². The van der Waals surface area contributed by atoms with E-state index in [4.69, 9.17) is 4.74 Å². The van der Waals surface area contributed by atoms with E-state index < -0.39 is 0 Å². The molecule has 16 heavy (non-hydrogen) atoms. The molecule has 0 aliphatic carbocycles. The molecule has 1 rings (SSSR count). The molecule has 0 radical (unpaired) electrons. The van der Waals surface area contributed by atoms with Gasteiger partial charge in [-0.3, -0.25) is 0 Å². The highest BCUT2D eigenvalue weighted by Gasteiger charge is 1.95. The average molecular weight is 240 g/mol. The summed E-state index contributed by atoms with van der Waals surface area (Å²) in [4.78, 5) is 0. The summed E-state index contributed by atoms with van der Waals surface area (Å²) in [7, 11) is 1.87. The molecular formula is C13H18ClNO. The lowest BCUT2D eigenvalue weighted by Crippen LogP contribution is -2.05. The Bertz CT molecular complexity index is 379. The fourth-order valence-electron chi connectivity index (χ4n) is 1.13. The van der Waals surface area contributed by atoms with Crippen LogP contribution in [0.15, 0.2) is 18.2 Å². The van der Waals surface area contributed by atoms with Crippen LogP contribution in [0, 0.1) is 25.7 Å². The lowest BCUT2D eigenvalue weighted by Gasteiger charge is -2.04. The third-order valence-corrected chi connectivity index (χ3v) is 2.18. The van der Waals surface area contributed by atoms with Gasteiger partial charge < -0.3 is 10.1 Å². The van der Waals surface area contributed by atoms with Crippen molar-refractivity contribution in [3.63, 3.8) is 0 Å². The Morgan fingerprint density at radius 2 is 1.94 bits per heavy atom. The molecule has 0 amide bonds. The van der Waals surface area contributed by atoms with Gasteiger partial charge in [0.1, 0.15) is 12.4 Å². The molecular weight excluding hydrogens is 222 g/mol. The van der Waals surface area contributed by atoms with E-state index in [2.05, 4.69) is 37.1 Å². The van der Waals surface area contributed by atoms with E-state index in [0.717, 1.165) is 5.75 Å². The largest absolute Gasteiger partial charge is 0.481 e. The SMILES string of the molecule is CNCC#CCOc1ccc(C)c(C)c1.Cl. The number of hydrogen-bond acceptors (Lipinski definition) is 2. The fraction of sp³-hybridized carbons (Fsp3) is 0.385. The third kappa shape index (κ3) is 5.06. The first-order chi connectivity index (χ1) is 7.24. The molecule has 0 saturated carbocycles. The second-order valence-corrected chi connectivity index (χ2v) is 3.42. The summed E-state index contributed by atoms with van der Waals surface area (Å²) >= 11 is 0. The van der Waals surface area contributed by atoms with Crippen LogP contribution in [0.2, 0.25) is 0 Å². The van der Waals surface area contributed by atoms with Crippen LogP contribution >= 0.6 is 12.4 Å². The first kappa shape index (κ1) is 14.8. The Kier molecular flexibility index (Phi) is 7.45. The average Bonchev–Trinajstić information content (AvgIpc) is 2.23. The van der Waals surface area contributed by atoms with Crippen LogP contribution in [-0.2, 0) is 0 Å². The summed E-state index contributed by atoms with van der Waals surface area (Å²) in [5, 5.41) is 2.95. The Labute approximate surface area is 104 Å². The standard InChI is InChI=1S/C13H17NO.ClH/c1-11-6-7-13(10-12(11)2)15-9-5-4-8-14-3;/h6-7,10,14H,8-9H2,1-3H3;1H. The zero-order valence-electron chi connectivity index (χ0n) is 9.96. The van der Waals surface area contributed by atoms with E-state index >= 15 is 0 Å². The van der Waals surface area contributed by atoms with Gasteiger partial charge in [0.2, 0.25) is 0 Å². The zero-order chi connectivity index (χ0) is 11.1. The minimum absolute atomic E-state index is 0. The monoisotopic (exact) mass is 239 g/mol. The maximum Gasteiger partial charge on any atom is 0.149 e. The van der Waals surface area contributed by atoms with Crippen molar-refractivity contribution < 1.29 is 4.74 Å². The molecule has 0 aliphatic rings. The van der Waals surface area contributed by atoms with Gasteiger partial charge in [-0.25, -0.2) is 0 Å². The van der Waals surface area contributed by atoms with Crippen molar-refractivity contribution >= 4 is 12.4 Å². The van der Waals surface area contributed by atoms with E-state index in [1.165, 1.54) is 11.1 Å². The molecule has 0 saturated heterocycles. The molecule has 3 heteroatoms. The molecule has 0 heterocycles. The summed E-state index contributed by atoms with van der Waals surface area (Å²) in [5.41, 5.74) is 2.53. The number of benzene rings is 1. The maximum absolute atomic E-state index is 5.49. The van der Waals surface area contributed by atoms with Crippen LogP contribution in [-0.4, -0.2) is 20.2 Å². The van der Waals surface area contributed by atoms with E-state index in [9.17, 15) is 0 Å². The number of halogens is 1. The fourth-order valence-corrected chi connectivity index (χ4v) is 1.13. The van der Waals surface area contributed by atoms with Gasteiger partial charge in [0.15, 0.2) is 0 Å². The van der Waals surface area contributed by atoms with Crippen molar-refractivity contribution in [3.8, 4) is 17.6 Å². The van der Waals surface area contributed by atoms with E-state index in [0.29, 0.717) is 13.2 Å². The molecule has 0 unspecified atom stereocenters. The molecule has 0 spiro atoms. The van der Waals surface area contributed by atoms with Gasteiger partial charge in [0, 0.05) is 0 Å². The van der Waals surface area contributed by atoms with Crippen LogP contribution in [0.3, 0.4) is 0 Å². The van der Waals surface area contributed by atoms with Crippen molar-refractivity contribution in [3.05, 3.63) is 29.3 Å². The van der Waals surface area contributed by atoms with Crippen LogP contribution in [0.1, 0.15) is 11.1 Å². The highest BCUT2D eigenvalue weighted by atomic mass is 35.5. The molecule has 88 valence electrons. The predicted molar refractivity (Wildman–Crippen MR) is 70.4 cm³/mol. The Morgan fingerprint density at radius 3 is 2.56 bits per heavy atom. The van der Waals surface area contributed by atoms with Gasteiger partial charge in [-0.2, -0.15) is 0 Å². The molecule has 0 bridgehead atoms. The zero-order valence-corrected chi connectivity index (χ0v) is 10.8. The van der Waals surface area contributed by atoms with Crippen molar-refractivity contribution in [1.29, 1.82) is 0 Å². The second-order valence-electron chi connectivity index (χ2n) is 3.42. The summed E-state index contributed by atoms with van der Waals surface area (Å²) < 4.78 is 5.49. The summed E-state index contributed by atoms with van der Waals surface area (Å²) in [6.45, 7) is 5.32. The molecule has 1 N–H and O–H groups in total. The number of nitrogens with one attached hydrogen (secondary N) is 1. The first-order valence-electron chi connectivity index (χ1n) is 5.04. The third-order valence-electron chi connectivity index (χ3n) is 2.18. The van der Waals surface area contributed by atoms with Crippen molar-refractivity contribution in [2.45, 2.75) is 13.8 Å². The summed E-state index contributed by atoms with van der Waals surface area (Å²) in [6.07, 6.45) is 0. The second kappa shape index (κ2) is 8.04. The predicted octanol–water partition coefficient (Wildman–Crippen LogP) is 2.33. The minimum atomic E-state index is 0. The lowest BCUT2D eigenvalue weighted by atomic mass is 10.1. The topological polar surface area (TPSA) is 21.3 Å². The lowest BCUT2D eigenvalue weighted by molar-refractivity contribution is 0.370. The Morgan fingerprint density at radius 1 is 1.19 bits per heavy atom. The van der Waals surface area contributed by atoms with Crippen molar-refractivity contribution in [2.24, 2.45) is 0 Å². The van der Waals surface area contributed by atoms with E-state index in [1.54, 1.807) is 0 Å². The smallest absolute Gasteiger partial charge is 0.149 e. The minimum Gasteiger partial charge on any atom is -0.481 e. The van der Waals surface area contributed by atoms with E-state index in [1.807, 2.05) is 19.2 Å². The molecule has 0 aromatic heterocycles. The van der Waals surface area contributed by atoms with Gasteiger partial charge in [0.05, 0.1) is 6.54 Å². The van der Waals surface area contributed by atoms with Crippen LogP contribution < -0.4 is 10.1 Å². The maximum atomic E-state index is 5.49. The molecule has 0 fully saturated rings. The highest BCUT2D eigenvalue weighted by molar-refractivity contribution is 5.85. The normalized spacial score (nSPS) is 8.69. The van der Waals surface area contributed by atoms with Crippen molar-refractivity contribution in [2.75, 3.05) is 20.2 Å². The molecule has 2 nitrogen and oxygen atoms in total. The van der Waals surface area contributed by atoms with Crippen LogP contribution in [0.5, 0.6) is 5.75 Å². The number of ether oxygens (including phenoxy) is 1. The molecule has 1 aromatic rings. The summed E-state index contributed by atoms with van der Waals surface area (Å²) in [6, 6.07) is 6.07. The Balaban J connectivity index is 0.00000225. The number of rotatable bonds is 3. The quantitative estimate of drug-likeness (QED) is 0.818. The van der Waals surface area contributed by atoms with Crippen LogP contribution in [0.4, 0.5) is 0 Å². The van der Waals surface area contributed by atoms with Gasteiger partial charge in [-0.05, 0) is 44.2 Å². The van der Waals surface area contributed by atoms with E-state index in [-0.39, 0.29) is 12.4 Å². The van der Waals surface area contributed by atoms with Gasteiger partial charge in [0.25, 0.3) is 0 Å². The molecule has 0 atom stereocenters. The van der Waals surface area contributed by atoms with Gasteiger partial charge in [-0.15, -0.1) is 12.4 Å².